The van der Waals surface area contributed by atoms with Gasteiger partial charge in [-0.15, -0.1) is 5.10 Å². The summed E-state index contributed by atoms with van der Waals surface area (Å²) in [5.74, 6) is -0.549. The van der Waals surface area contributed by atoms with Crippen LogP contribution in [0.5, 0.6) is 0 Å². The summed E-state index contributed by atoms with van der Waals surface area (Å²) in [4.78, 5) is 0. The molecule has 2 aromatic heterocycles. The fraction of sp³-hybridized carbons (Fsp3) is 0.318. The first-order valence-corrected chi connectivity index (χ1v) is 10.0. The highest BCUT2D eigenvalue weighted by Gasteiger charge is 2.30. The normalized spacial score (nSPS) is 16.6. The molecule has 0 unspecified atom stereocenters. The van der Waals surface area contributed by atoms with Gasteiger partial charge in [0.05, 0.1) is 17.3 Å². The number of aromatic nitrogens is 5. The number of rotatable bonds is 5. The average Bonchev–Trinajstić information content (AvgIpc) is 3.65. The van der Waals surface area contributed by atoms with Crippen LogP contribution in [0.1, 0.15) is 54.5 Å². The van der Waals surface area contributed by atoms with Gasteiger partial charge in [0.15, 0.2) is 0 Å². The molecular weight excluding hydrogens is 372 g/mol. The Morgan fingerprint density at radius 2 is 1.86 bits per heavy atom. The van der Waals surface area contributed by atoms with E-state index in [-0.39, 0.29) is 5.69 Å². The molecule has 2 aliphatic carbocycles. The van der Waals surface area contributed by atoms with Crippen LogP contribution in [-0.2, 0) is 6.42 Å². The van der Waals surface area contributed by atoms with Crippen LogP contribution in [0.4, 0.5) is 8.78 Å². The quantitative estimate of drug-likeness (QED) is 0.496. The summed E-state index contributed by atoms with van der Waals surface area (Å²) in [7, 11) is 0. The zero-order valence-electron chi connectivity index (χ0n) is 15.7. The van der Waals surface area contributed by atoms with Crippen molar-refractivity contribution in [1.82, 2.24) is 24.8 Å². The summed E-state index contributed by atoms with van der Waals surface area (Å²) in [5.41, 5.74) is 5.29. The minimum absolute atomic E-state index is 0.143. The highest BCUT2D eigenvalue weighted by Crippen LogP contribution is 2.42. The van der Waals surface area contributed by atoms with Crippen molar-refractivity contribution in [3.63, 3.8) is 0 Å². The molecular formula is C22H19F2N5. The van der Waals surface area contributed by atoms with E-state index < -0.39 is 11.6 Å². The molecule has 0 saturated heterocycles. The molecule has 2 saturated carbocycles. The molecule has 0 atom stereocenters. The fourth-order valence-electron chi connectivity index (χ4n) is 3.94. The lowest BCUT2D eigenvalue weighted by molar-refractivity contribution is 0.586. The largest absolute Gasteiger partial charge is 0.242 e. The second-order valence-electron chi connectivity index (χ2n) is 8.12. The predicted molar refractivity (Wildman–Crippen MR) is 104 cm³/mol. The van der Waals surface area contributed by atoms with Gasteiger partial charge in [0.2, 0.25) is 0 Å². The monoisotopic (exact) mass is 391 g/mol. The van der Waals surface area contributed by atoms with Crippen molar-refractivity contribution in [3.05, 3.63) is 71.1 Å². The summed E-state index contributed by atoms with van der Waals surface area (Å²) in [6.45, 7) is 0. The smallest absolute Gasteiger partial charge is 0.149 e. The Kier molecular flexibility index (Phi) is 3.60. The van der Waals surface area contributed by atoms with Crippen LogP contribution in [0.25, 0.3) is 16.7 Å². The van der Waals surface area contributed by atoms with Crippen LogP contribution >= 0.6 is 0 Å². The van der Waals surface area contributed by atoms with E-state index in [9.17, 15) is 8.78 Å². The van der Waals surface area contributed by atoms with Gasteiger partial charge >= 0.3 is 0 Å². The Hall–Kier alpha value is -3.09. The molecule has 0 aliphatic heterocycles. The molecule has 2 heterocycles. The highest BCUT2D eigenvalue weighted by atomic mass is 19.1. The number of hydrogen-bond acceptors (Lipinski definition) is 3. The van der Waals surface area contributed by atoms with Gasteiger partial charge < -0.3 is 0 Å². The lowest BCUT2D eigenvalue weighted by Gasteiger charge is -2.04. The van der Waals surface area contributed by atoms with Crippen molar-refractivity contribution in [3.8, 4) is 5.69 Å². The van der Waals surface area contributed by atoms with E-state index in [4.69, 9.17) is 0 Å². The Labute approximate surface area is 166 Å². The molecule has 0 spiro atoms. The second-order valence-corrected chi connectivity index (χ2v) is 8.12. The number of benzene rings is 2. The van der Waals surface area contributed by atoms with E-state index >= 15 is 0 Å². The summed E-state index contributed by atoms with van der Waals surface area (Å²) in [6.07, 6.45) is 7.02. The minimum Gasteiger partial charge on any atom is -0.242 e. The van der Waals surface area contributed by atoms with Gasteiger partial charge in [-0.2, -0.15) is 5.10 Å². The van der Waals surface area contributed by atoms with Crippen LogP contribution in [0, 0.1) is 11.6 Å². The molecule has 5 nitrogen and oxygen atoms in total. The molecule has 146 valence electrons. The topological polar surface area (TPSA) is 48.5 Å². The second kappa shape index (κ2) is 6.20. The van der Waals surface area contributed by atoms with Crippen molar-refractivity contribution >= 4 is 11.0 Å². The molecule has 7 heteroatoms. The zero-order valence-corrected chi connectivity index (χ0v) is 15.7. The zero-order chi connectivity index (χ0) is 19.5. The van der Waals surface area contributed by atoms with Crippen molar-refractivity contribution in [2.24, 2.45) is 0 Å². The molecule has 4 aromatic rings. The average molecular weight is 391 g/mol. The van der Waals surface area contributed by atoms with Gasteiger partial charge in [-0.25, -0.2) is 18.1 Å². The molecule has 2 aliphatic rings. The summed E-state index contributed by atoms with van der Waals surface area (Å²) in [6, 6.07) is 10.1. The van der Waals surface area contributed by atoms with Crippen LogP contribution in [0.15, 0.2) is 42.6 Å². The van der Waals surface area contributed by atoms with Gasteiger partial charge in [-0.3, -0.25) is 0 Å². The Morgan fingerprint density at radius 3 is 2.66 bits per heavy atom. The molecule has 2 aromatic carbocycles. The number of hydrogen-bond donors (Lipinski definition) is 0. The number of nitrogens with zero attached hydrogens (tertiary/aromatic N) is 5. The number of fused-ring (bicyclic) bond motifs is 1. The van der Waals surface area contributed by atoms with Crippen molar-refractivity contribution in [2.45, 2.75) is 44.1 Å². The molecule has 0 radical (unpaired) electrons. The van der Waals surface area contributed by atoms with Crippen LogP contribution in [-0.4, -0.2) is 24.8 Å². The summed E-state index contributed by atoms with van der Waals surface area (Å²) >= 11 is 0. The molecule has 0 bridgehead atoms. The van der Waals surface area contributed by atoms with Crippen LogP contribution < -0.4 is 0 Å². The van der Waals surface area contributed by atoms with Gasteiger partial charge in [-0.1, -0.05) is 11.3 Å². The van der Waals surface area contributed by atoms with E-state index in [1.807, 2.05) is 16.9 Å². The molecule has 29 heavy (non-hydrogen) atoms. The van der Waals surface area contributed by atoms with E-state index in [1.165, 1.54) is 10.7 Å². The van der Waals surface area contributed by atoms with E-state index in [0.29, 0.717) is 18.4 Å². The van der Waals surface area contributed by atoms with Gasteiger partial charge in [-0.05, 0) is 61.1 Å². The van der Waals surface area contributed by atoms with Crippen LogP contribution in [0.3, 0.4) is 0 Å². The first kappa shape index (κ1) is 16.8. The first-order chi connectivity index (χ1) is 14.2. The standard InChI is InChI=1S/C22H19F2N5/c23-16-4-7-18(24)20(11-16)28-12-15(22(26-28)14-2-3-14)9-13-1-8-19-21(10-13)29(27-25-19)17-5-6-17/h1,4,7-8,10-12,14,17H,2-3,5-6,9H2. The Balaban J connectivity index is 1.39. The highest BCUT2D eigenvalue weighted by molar-refractivity contribution is 5.75. The maximum atomic E-state index is 14.3. The fourth-order valence-corrected chi connectivity index (χ4v) is 3.94. The maximum Gasteiger partial charge on any atom is 0.149 e. The minimum atomic E-state index is -0.483. The van der Waals surface area contributed by atoms with Gasteiger partial charge in [0, 0.05) is 24.6 Å². The predicted octanol–water partition coefficient (Wildman–Crippen LogP) is 4.70. The summed E-state index contributed by atoms with van der Waals surface area (Å²) in [5, 5.41) is 13.2. The van der Waals surface area contributed by atoms with Crippen molar-refractivity contribution in [1.29, 1.82) is 0 Å². The third-order valence-corrected chi connectivity index (χ3v) is 5.76. The Bertz CT molecular complexity index is 1230. The van der Waals surface area contributed by atoms with E-state index in [2.05, 4.69) is 27.5 Å². The van der Waals surface area contributed by atoms with Gasteiger partial charge in [0.25, 0.3) is 0 Å². The van der Waals surface area contributed by atoms with Crippen molar-refractivity contribution < 1.29 is 8.78 Å². The summed E-state index contributed by atoms with van der Waals surface area (Å²) < 4.78 is 31.4. The van der Waals surface area contributed by atoms with Gasteiger partial charge in [0.1, 0.15) is 22.8 Å². The third-order valence-electron chi connectivity index (χ3n) is 5.76. The van der Waals surface area contributed by atoms with E-state index in [1.54, 1.807) is 0 Å². The first-order valence-electron chi connectivity index (χ1n) is 10.0. The maximum absolute atomic E-state index is 14.3. The third kappa shape index (κ3) is 3.01. The SMILES string of the molecule is Fc1ccc(F)c(-n2cc(Cc3ccc4nnn(C5CC5)c4c3)c(C3CC3)n2)c1. The van der Waals surface area contributed by atoms with E-state index in [0.717, 1.165) is 65.7 Å². The Morgan fingerprint density at radius 1 is 1.00 bits per heavy atom. The molecule has 0 N–H and O–H groups in total. The van der Waals surface area contributed by atoms with Crippen LogP contribution in [0.2, 0.25) is 0 Å². The van der Waals surface area contributed by atoms with Crippen molar-refractivity contribution in [2.75, 3.05) is 0 Å². The lowest BCUT2D eigenvalue weighted by Crippen LogP contribution is -1.99. The molecule has 2 fully saturated rings. The number of halogens is 2. The molecule has 0 amide bonds. The lowest BCUT2D eigenvalue weighted by atomic mass is 10.0. The molecule has 6 rings (SSSR count).